The number of carboxylic acids is 1. The number of fused-ring (bicyclic) bond motifs is 1. The smallest absolute Gasteiger partial charge is 0.339 e. The summed E-state index contributed by atoms with van der Waals surface area (Å²) in [6.45, 7) is 5.12. The Kier molecular flexibility index (Phi) is 7.07. The van der Waals surface area contributed by atoms with Crippen molar-refractivity contribution in [2.24, 2.45) is 0 Å². The number of nitrogens with one attached hydrogen (secondary N) is 1. The normalized spacial score (nSPS) is 11.0. The number of halogens is 2. The van der Waals surface area contributed by atoms with Gasteiger partial charge in [-0.15, -0.1) is 0 Å². The summed E-state index contributed by atoms with van der Waals surface area (Å²) in [5, 5.41) is 13.6. The molecule has 0 atom stereocenters. The number of anilines is 1. The highest BCUT2D eigenvalue weighted by atomic mass is 35.5. The lowest BCUT2D eigenvalue weighted by molar-refractivity contribution is 0.0692. The SMILES string of the molecule is CCOc1cc(-c2cc(NCCn3c(C)cc4c(OC)c(F)cc(Cl)c43)ncn2)ccc1C(=O)O. The Labute approximate surface area is 206 Å². The van der Waals surface area contributed by atoms with Crippen LogP contribution < -0.4 is 14.8 Å². The standard InChI is InChI=1S/C25H24ClFN4O4/c1-4-35-21-10-15(5-6-16(21)25(32)33)20-12-22(30-13-29-20)28-7-8-31-14(2)9-17-23(31)18(26)11-19(27)24(17)34-3/h5-6,9-13H,4,7-8H2,1-3H3,(H,32,33)(H,28,29,30). The van der Waals surface area contributed by atoms with Gasteiger partial charge in [-0.05, 0) is 38.1 Å². The first-order valence-corrected chi connectivity index (χ1v) is 11.3. The van der Waals surface area contributed by atoms with Crippen LogP contribution in [0.3, 0.4) is 0 Å². The van der Waals surface area contributed by atoms with Gasteiger partial charge in [0.2, 0.25) is 0 Å². The van der Waals surface area contributed by atoms with E-state index < -0.39 is 11.8 Å². The van der Waals surface area contributed by atoms with E-state index in [1.165, 1.54) is 25.6 Å². The van der Waals surface area contributed by atoms with Crippen LogP contribution in [0.1, 0.15) is 23.0 Å². The molecule has 0 radical (unpaired) electrons. The number of methoxy groups -OCH3 is 1. The molecule has 4 aromatic rings. The number of benzene rings is 2. The second kappa shape index (κ2) is 10.2. The van der Waals surface area contributed by atoms with Crippen LogP contribution in [-0.2, 0) is 6.54 Å². The summed E-state index contributed by atoms with van der Waals surface area (Å²) in [7, 11) is 1.43. The molecule has 2 aromatic heterocycles. The first kappa shape index (κ1) is 24.3. The Hall–Kier alpha value is -3.85. The molecule has 0 amide bonds. The molecule has 0 aliphatic carbocycles. The average molecular weight is 499 g/mol. The van der Waals surface area contributed by atoms with Crippen molar-refractivity contribution in [1.82, 2.24) is 14.5 Å². The van der Waals surface area contributed by atoms with Gasteiger partial charge in [0.15, 0.2) is 11.6 Å². The maximum atomic E-state index is 14.2. The predicted octanol–water partition coefficient (Wildman–Crippen LogP) is 5.42. The third-order valence-corrected chi connectivity index (χ3v) is 5.85. The van der Waals surface area contributed by atoms with Gasteiger partial charge in [-0.3, -0.25) is 0 Å². The molecule has 2 aromatic carbocycles. The molecule has 2 heterocycles. The van der Waals surface area contributed by atoms with Gasteiger partial charge in [0.05, 0.1) is 29.9 Å². The van der Waals surface area contributed by atoms with Gasteiger partial charge in [0.1, 0.15) is 23.5 Å². The molecule has 10 heteroatoms. The van der Waals surface area contributed by atoms with Crippen molar-refractivity contribution in [3.05, 3.63) is 64.8 Å². The maximum Gasteiger partial charge on any atom is 0.339 e. The van der Waals surface area contributed by atoms with E-state index in [9.17, 15) is 14.3 Å². The van der Waals surface area contributed by atoms with Crippen molar-refractivity contribution in [2.75, 3.05) is 25.6 Å². The lowest BCUT2D eigenvalue weighted by atomic mass is 10.1. The molecular weight excluding hydrogens is 475 g/mol. The molecule has 182 valence electrons. The number of aryl methyl sites for hydroxylation is 1. The fourth-order valence-corrected chi connectivity index (χ4v) is 4.32. The Bertz CT molecular complexity index is 1410. The van der Waals surface area contributed by atoms with Gasteiger partial charge in [0, 0.05) is 35.8 Å². The van der Waals surface area contributed by atoms with E-state index >= 15 is 0 Å². The first-order chi connectivity index (χ1) is 16.8. The average Bonchev–Trinajstić information content (AvgIpc) is 3.15. The summed E-state index contributed by atoms with van der Waals surface area (Å²) in [6, 6.07) is 9.72. The molecule has 35 heavy (non-hydrogen) atoms. The van der Waals surface area contributed by atoms with Crippen molar-refractivity contribution in [3.63, 3.8) is 0 Å². The van der Waals surface area contributed by atoms with Gasteiger partial charge in [-0.25, -0.2) is 19.2 Å². The highest BCUT2D eigenvalue weighted by Gasteiger charge is 2.18. The van der Waals surface area contributed by atoms with E-state index in [1.54, 1.807) is 25.1 Å². The monoisotopic (exact) mass is 498 g/mol. The van der Waals surface area contributed by atoms with Gasteiger partial charge in [0.25, 0.3) is 0 Å². The summed E-state index contributed by atoms with van der Waals surface area (Å²) >= 11 is 6.36. The maximum absolute atomic E-state index is 14.2. The van der Waals surface area contributed by atoms with E-state index in [2.05, 4.69) is 15.3 Å². The molecular formula is C25H24ClFN4O4. The lowest BCUT2D eigenvalue weighted by Crippen LogP contribution is -2.12. The number of ether oxygens (including phenoxy) is 2. The number of aromatic carboxylic acids is 1. The quantitative estimate of drug-likeness (QED) is 0.318. The fraction of sp³-hybridized carbons (Fsp3) is 0.240. The Balaban J connectivity index is 1.54. The minimum absolute atomic E-state index is 0.0903. The Morgan fingerprint density at radius 1 is 1.23 bits per heavy atom. The highest BCUT2D eigenvalue weighted by Crippen LogP contribution is 2.36. The van der Waals surface area contributed by atoms with Gasteiger partial charge in [-0.2, -0.15) is 0 Å². The zero-order valence-corrected chi connectivity index (χ0v) is 20.2. The third-order valence-electron chi connectivity index (χ3n) is 5.57. The molecule has 0 unspecified atom stereocenters. The van der Waals surface area contributed by atoms with Crippen molar-refractivity contribution in [1.29, 1.82) is 0 Å². The van der Waals surface area contributed by atoms with Crippen LogP contribution in [0.2, 0.25) is 5.02 Å². The summed E-state index contributed by atoms with van der Waals surface area (Å²) in [5.41, 5.74) is 3.03. The number of hydrogen-bond acceptors (Lipinski definition) is 6. The second-order valence-corrected chi connectivity index (χ2v) is 8.14. The first-order valence-electron chi connectivity index (χ1n) is 10.9. The Morgan fingerprint density at radius 3 is 2.74 bits per heavy atom. The van der Waals surface area contributed by atoms with Crippen LogP contribution in [0.25, 0.3) is 22.2 Å². The number of carbonyl (C=O) groups is 1. The van der Waals surface area contributed by atoms with Crippen LogP contribution >= 0.6 is 11.6 Å². The highest BCUT2D eigenvalue weighted by molar-refractivity contribution is 6.35. The van der Waals surface area contributed by atoms with Crippen LogP contribution in [0.15, 0.2) is 42.7 Å². The number of hydrogen-bond donors (Lipinski definition) is 2. The molecule has 0 aliphatic heterocycles. The van der Waals surface area contributed by atoms with Crippen molar-refractivity contribution in [3.8, 4) is 22.8 Å². The third kappa shape index (κ3) is 4.85. The number of aromatic nitrogens is 3. The summed E-state index contributed by atoms with van der Waals surface area (Å²) in [5.74, 6) is -0.514. The molecule has 0 saturated carbocycles. The molecule has 8 nitrogen and oxygen atoms in total. The zero-order chi connectivity index (χ0) is 25.1. The minimum Gasteiger partial charge on any atom is -0.493 e. The van der Waals surface area contributed by atoms with Crippen LogP contribution in [0.4, 0.5) is 10.2 Å². The van der Waals surface area contributed by atoms with Crippen molar-refractivity contribution in [2.45, 2.75) is 20.4 Å². The van der Waals surface area contributed by atoms with Crippen LogP contribution in [0, 0.1) is 12.7 Å². The zero-order valence-electron chi connectivity index (χ0n) is 19.4. The summed E-state index contributed by atoms with van der Waals surface area (Å²) in [4.78, 5) is 20.0. The fourth-order valence-electron chi connectivity index (χ4n) is 4.02. The van der Waals surface area contributed by atoms with Crippen molar-refractivity contribution >= 4 is 34.3 Å². The second-order valence-electron chi connectivity index (χ2n) is 7.74. The summed E-state index contributed by atoms with van der Waals surface area (Å²) < 4.78 is 26.9. The molecule has 4 rings (SSSR count). The number of carboxylic acid groups (broad SMARTS) is 1. The number of rotatable bonds is 9. The van der Waals surface area contributed by atoms with Gasteiger partial charge < -0.3 is 24.5 Å². The summed E-state index contributed by atoms with van der Waals surface area (Å²) in [6.07, 6.45) is 1.43. The molecule has 0 fully saturated rings. The van der Waals surface area contributed by atoms with E-state index in [0.717, 1.165) is 5.69 Å². The van der Waals surface area contributed by atoms with E-state index in [4.69, 9.17) is 21.1 Å². The van der Waals surface area contributed by atoms with Gasteiger partial charge >= 0.3 is 5.97 Å². The Morgan fingerprint density at radius 2 is 2.03 bits per heavy atom. The van der Waals surface area contributed by atoms with Crippen molar-refractivity contribution < 1.29 is 23.8 Å². The minimum atomic E-state index is -1.06. The predicted molar refractivity (Wildman–Crippen MR) is 132 cm³/mol. The van der Waals surface area contributed by atoms with Crippen LogP contribution in [-0.4, -0.2) is 45.9 Å². The molecule has 0 saturated heterocycles. The van der Waals surface area contributed by atoms with Gasteiger partial charge in [-0.1, -0.05) is 17.7 Å². The molecule has 2 N–H and O–H groups in total. The van der Waals surface area contributed by atoms with E-state index in [0.29, 0.717) is 52.7 Å². The topological polar surface area (TPSA) is 98.5 Å². The van der Waals surface area contributed by atoms with E-state index in [1.807, 2.05) is 17.6 Å². The van der Waals surface area contributed by atoms with Crippen LogP contribution in [0.5, 0.6) is 11.5 Å². The number of nitrogens with zero attached hydrogens (tertiary/aromatic N) is 3. The lowest BCUT2D eigenvalue weighted by Gasteiger charge is -2.13. The molecule has 0 spiro atoms. The molecule has 0 bridgehead atoms. The van der Waals surface area contributed by atoms with E-state index in [-0.39, 0.29) is 17.1 Å². The molecule has 0 aliphatic rings. The largest absolute Gasteiger partial charge is 0.493 e.